The summed E-state index contributed by atoms with van der Waals surface area (Å²) in [6.07, 6.45) is 3.81. The minimum absolute atomic E-state index is 0.0917. The van der Waals surface area contributed by atoms with Gasteiger partial charge in [-0.05, 0) is 44.2 Å². The number of aromatic nitrogens is 2. The van der Waals surface area contributed by atoms with Crippen LogP contribution in [0.2, 0.25) is 0 Å². The van der Waals surface area contributed by atoms with Crippen LogP contribution in [0.3, 0.4) is 0 Å². The number of likely N-dealkylation sites (tertiary alicyclic amines) is 2. The van der Waals surface area contributed by atoms with Gasteiger partial charge < -0.3 is 10.0 Å². The van der Waals surface area contributed by atoms with Gasteiger partial charge in [-0.1, -0.05) is 13.8 Å². The number of β-amino-alcohol motifs (C(OH)–C–C–N with tert-alkyl or cyclic N) is 1. The first-order valence-electron chi connectivity index (χ1n) is 9.21. The van der Waals surface area contributed by atoms with Crippen molar-refractivity contribution >= 4 is 5.91 Å². The van der Waals surface area contributed by atoms with Gasteiger partial charge in [-0.25, -0.2) is 0 Å². The van der Waals surface area contributed by atoms with Crippen molar-refractivity contribution in [2.75, 3.05) is 26.2 Å². The summed E-state index contributed by atoms with van der Waals surface area (Å²) in [6.45, 7) is 7.63. The second kappa shape index (κ2) is 7.23. The molecular weight excluding hydrogens is 304 g/mol. The zero-order valence-corrected chi connectivity index (χ0v) is 15.1. The van der Waals surface area contributed by atoms with Crippen molar-refractivity contribution < 1.29 is 9.90 Å². The molecule has 6 heteroatoms. The van der Waals surface area contributed by atoms with Gasteiger partial charge in [-0.15, -0.1) is 0 Å². The Morgan fingerprint density at radius 2 is 1.96 bits per heavy atom. The van der Waals surface area contributed by atoms with E-state index in [2.05, 4.69) is 23.8 Å². The van der Waals surface area contributed by atoms with Crippen molar-refractivity contribution in [2.45, 2.75) is 57.6 Å². The lowest BCUT2D eigenvalue weighted by molar-refractivity contribution is 0.0238. The smallest absolute Gasteiger partial charge is 0.272 e. The molecule has 134 valence electrons. The lowest BCUT2D eigenvalue weighted by atomic mass is 9.98. The second-order valence-corrected chi connectivity index (χ2v) is 7.55. The monoisotopic (exact) mass is 334 g/mol. The van der Waals surface area contributed by atoms with Crippen LogP contribution in [0.25, 0.3) is 0 Å². The molecule has 1 N–H and O–H groups in total. The van der Waals surface area contributed by atoms with Crippen LogP contribution in [-0.2, 0) is 7.05 Å². The van der Waals surface area contributed by atoms with Gasteiger partial charge in [0.1, 0.15) is 5.69 Å². The van der Waals surface area contributed by atoms with Gasteiger partial charge in [0.05, 0.1) is 11.8 Å². The molecule has 0 bridgehead atoms. The fraction of sp³-hybridized carbons (Fsp3) is 0.778. The Hall–Kier alpha value is -1.40. The van der Waals surface area contributed by atoms with E-state index in [4.69, 9.17) is 0 Å². The number of aliphatic hydroxyl groups excluding tert-OH is 1. The SMILES string of the molecule is CC(C)c1cc(C(=O)N2CCC(N3CCC[C@@H](O)C3)CC2)n(C)n1. The van der Waals surface area contributed by atoms with Gasteiger partial charge in [0.25, 0.3) is 5.91 Å². The highest BCUT2D eigenvalue weighted by molar-refractivity contribution is 5.92. The van der Waals surface area contributed by atoms with Crippen molar-refractivity contribution in [1.82, 2.24) is 19.6 Å². The molecule has 0 spiro atoms. The first-order chi connectivity index (χ1) is 11.5. The van der Waals surface area contributed by atoms with Crippen LogP contribution in [0.1, 0.15) is 61.6 Å². The first-order valence-corrected chi connectivity index (χ1v) is 9.21. The number of hydrogen-bond acceptors (Lipinski definition) is 4. The molecule has 1 atom stereocenters. The zero-order chi connectivity index (χ0) is 17.3. The fourth-order valence-electron chi connectivity index (χ4n) is 3.88. The molecule has 2 aliphatic rings. The van der Waals surface area contributed by atoms with Crippen LogP contribution in [0.5, 0.6) is 0 Å². The summed E-state index contributed by atoms with van der Waals surface area (Å²) in [6, 6.07) is 2.43. The van der Waals surface area contributed by atoms with Crippen molar-refractivity contribution in [3.8, 4) is 0 Å². The van der Waals surface area contributed by atoms with E-state index in [1.807, 2.05) is 18.0 Å². The standard InChI is InChI=1S/C18H30N4O2/c1-13(2)16-11-17(20(3)19-16)18(24)21-9-6-14(7-10-21)22-8-4-5-15(23)12-22/h11,13-15,23H,4-10,12H2,1-3H3/t15-/m1/s1. The molecule has 3 rings (SSSR count). The highest BCUT2D eigenvalue weighted by Gasteiger charge is 2.30. The van der Waals surface area contributed by atoms with Crippen molar-refractivity contribution in [3.05, 3.63) is 17.5 Å². The summed E-state index contributed by atoms with van der Waals surface area (Å²) in [4.78, 5) is 17.2. The van der Waals surface area contributed by atoms with Gasteiger partial charge in [0, 0.05) is 32.7 Å². The minimum atomic E-state index is -0.178. The Morgan fingerprint density at radius 3 is 2.54 bits per heavy atom. The van der Waals surface area contributed by atoms with Crippen LogP contribution in [0.4, 0.5) is 0 Å². The van der Waals surface area contributed by atoms with Gasteiger partial charge in [0.2, 0.25) is 0 Å². The maximum Gasteiger partial charge on any atom is 0.272 e. The van der Waals surface area contributed by atoms with E-state index in [1.165, 1.54) is 0 Å². The lowest BCUT2D eigenvalue weighted by Crippen LogP contribution is -2.50. The first kappa shape index (κ1) is 17.4. The molecule has 0 radical (unpaired) electrons. The molecule has 3 heterocycles. The normalized spacial score (nSPS) is 23.9. The van der Waals surface area contributed by atoms with E-state index in [9.17, 15) is 9.90 Å². The van der Waals surface area contributed by atoms with E-state index in [-0.39, 0.29) is 12.0 Å². The largest absolute Gasteiger partial charge is 0.392 e. The van der Waals surface area contributed by atoms with Gasteiger partial charge in [-0.2, -0.15) is 5.10 Å². The van der Waals surface area contributed by atoms with Crippen molar-refractivity contribution in [3.63, 3.8) is 0 Å². The molecular formula is C18H30N4O2. The van der Waals surface area contributed by atoms with Gasteiger partial charge in [-0.3, -0.25) is 14.4 Å². The topological polar surface area (TPSA) is 61.6 Å². The Labute approximate surface area is 144 Å². The highest BCUT2D eigenvalue weighted by atomic mass is 16.3. The lowest BCUT2D eigenvalue weighted by Gasteiger charge is -2.41. The summed E-state index contributed by atoms with van der Waals surface area (Å²) < 4.78 is 1.71. The number of piperidine rings is 2. The Morgan fingerprint density at radius 1 is 1.25 bits per heavy atom. The number of nitrogens with zero attached hydrogens (tertiary/aromatic N) is 4. The number of carbonyl (C=O) groups is 1. The predicted octanol–water partition coefficient (Wildman–Crippen LogP) is 1.60. The van der Waals surface area contributed by atoms with Crippen LogP contribution >= 0.6 is 0 Å². The van der Waals surface area contributed by atoms with E-state index in [0.29, 0.717) is 17.7 Å². The number of hydrogen-bond donors (Lipinski definition) is 1. The number of aryl methyl sites for hydroxylation is 1. The third-order valence-corrected chi connectivity index (χ3v) is 5.41. The molecule has 2 fully saturated rings. The summed E-state index contributed by atoms with van der Waals surface area (Å²) >= 11 is 0. The summed E-state index contributed by atoms with van der Waals surface area (Å²) in [5, 5.41) is 14.3. The Balaban J connectivity index is 1.59. The van der Waals surface area contributed by atoms with Crippen LogP contribution < -0.4 is 0 Å². The summed E-state index contributed by atoms with van der Waals surface area (Å²) in [5.74, 6) is 0.419. The molecule has 1 aromatic heterocycles. The second-order valence-electron chi connectivity index (χ2n) is 7.55. The Bertz CT molecular complexity index is 576. The van der Waals surface area contributed by atoms with E-state index >= 15 is 0 Å². The van der Waals surface area contributed by atoms with Crippen LogP contribution in [0.15, 0.2) is 6.07 Å². The molecule has 2 aliphatic heterocycles. The molecule has 1 aromatic rings. The number of carbonyl (C=O) groups excluding carboxylic acids is 1. The summed E-state index contributed by atoms with van der Waals surface area (Å²) in [7, 11) is 1.85. The van der Waals surface area contributed by atoms with Crippen LogP contribution in [0, 0.1) is 0 Å². The molecule has 0 unspecified atom stereocenters. The highest BCUT2D eigenvalue weighted by Crippen LogP contribution is 2.23. The van der Waals surface area contributed by atoms with E-state index in [1.54, 1.807) is 4.68 Å². The predicted molar refractivity (Wildman–Crippen MR) is 93.0 cm³/mol. The molecule has 6 nitrogen and oxygen atoms in total. The zero-order valence-electron chi connectivity index (χ0n) is 15.1. The van der Waals surface area contributed by atoms with Crippen molar-refractivity contribution in [1.29, 1.82) is 0 Å². The third kappa shape index (κ3) is 3.64. The fourth-order valence-corrected chi connectivity index (χ4v) is 3.88. The number of aliphatic hydroxyl groups is 1. The Kier molecular flexibility index (Phi) is 5.25. The maximum absolute atomic E-state index is 12.8. The van der Waals surface area contributed by atoms with Gasteiger partial charge >= 0.3 is 0 Å². The quantitative estimate of drug-likeness (QED) is 0.912. The average Bonchev–Trinajstić information content (AvgIpc) is 2.96. The van der Waals surface area contributed by atoms with Gasteiger partial charge in [0.15, 0.2) is 0 Å². The molecule has 2 saturated heterocycles. The summed E-state index contributed by atoms with van der Waals surface area (Å²) in [5.41, 5.74) is 1.66. The molecule has 0 aromatic carbocycles. The molecule has 0 aliphatic carbocycles. The number of amides is 1. The van der Waals surface area contributed by atoms with Crippen molar-refractivity contribution in [2.24, 2.45) is 7.05 Å². The third-order valence-electron chi connectivity index (χ3n) is 5.41. The molecule has 1 amide bonds. The molecule has 24 heavy (non-hydrogen) atoms. The minimum Gasteiger partial charge on any atom is -0.392 e. The molecule has 0 saturated carbocycles. The van der Waals surface area contributed by atoms with E-state index in [0.717, 1.165) is 57.6 Å². The number of rotatable bonds is 3. The maximum atomic E-state index is 12.8. The van der Waals surface area contributed by atoms with E-state index < -0.39 is 0 Å². The van der Waals surface area contributed by atoms with Crippen LogP contribution in [-0.4, -0.2) is 68.9 Å². The average molecular weight is 334 g/mol.